The minimum atomic E-state index is -0.485. The zero-order valence-electron chi connectivity index (χ0n) is 31.2. The lowest BCUT2D eigenvalue weighted by molar-refractivity contribution is -0.000518. The molecule has 2 saturated heterocycles. The van der Waals surface area contributed by atoms with E-state index in [-0.39, 0.29) is 40.5 Å². The SMILES string of the molecule is Cc1cnc(N2CC3(CCOCC3)C2)c(C(=O)C2CC2c2ccc(C(=O)N3CCc4cc(C(=O)Nc5c(C)cccc5F)sc4-c4nc(C)ccc43)cc2)c1. The number of anilines is 3. The molecule has 3 fully saturated rings. The molecule has 1 aliphatic carbocycles. The number of thiophene rings is 1. The molecular formula is C44H42FN5O4S. The van der Waals surface area contributed by atoms with Crippen LogP contribution in [0.1, 0.15) is 83.5 Å². The van der Waals surface area contributed by atoms with Crippen LogP contribution in [0.4, 0.5) is 21.6 Å². The Hall–Kier alpha value is -5.26. The van der Waals surface area contributed by atoms with Gasteiger partial charge in [-0.2, -0.15) is 0 Å². The lowest BCUT2D eigenvalue weighted by Gasteiger charge is -2.53. The number of ketones is 1. The summed E-state index contributed by atoms with van der Waals surface area (Å²) in [6.45, 7) is 9.46. The summed E-state index contributed by atoms with van der Waals surface area (Å²) in [5.74, 6) is -0.0887. The molecule has 0 bridgehead atoms. The van der Waals surface area contributed by atoms with Crippen molar-refractivity contribution < 1.29 is 23.5 Å². The zero-order valence-corrected chi connectivity index (χ0v) is 32.0. The van der Waals surface area contributed by atoms with E-state index in [0.717, 1.165) is 78.6 Å². The third kappa shape index (κ3) is 6.53. The van der Waals surface area contributed by atoms with Gasteiger partial charge < -0.3 is 19.9 Å². The molecule has 3 aromatic heterocycles. The number of amides is 2. The van der Waals surface area contributed by atoms with Crippen LogP contribution in [0, 0.1) is 37.9 Å². The topological polar surface area (TPSA) is 105 Å². The maximum absolute atomic E-state index is 14.5. The van der Waals surface area contributed by atoms with Crippen molar-refractivity contribution in [3.05, 3.63) is 123 Å². The lowest BCUT2D eigenvalue weighted by atomic mass is 9.73. The van der Waals surface area contributed by atoms with Gasteiger partial charge in [0.2, 0.25) is 0 Å². The van der Waals surface area contributed by atoms with E-state index in [9.17, 15) is 18.8 Å². The summed E-state index contributed by atoms with van der Waals surface area (Å²) in [5.41, 5.74) is 7.41. The molecule has 9 rings (SSSR count). The van der Waals surface area contributed by atoms with Gasteiger partial charge in [-0.1, -0.05) is 24.3 Å². The van der Waals surface area contributed by atoms with Crippen molar-refractivity contribution in [1.82, 2.24) is 9.97 Å². The van der Waals surface area contributed by atoms with Gasteiger partial charge in [0, 0.05) is 61.6 Å². The van der Waals surface area contributed by atoms with Crippen molar-refractivity contribution in [2.24, 2.45) is 11.3 Å². The van der Waals surface area contributed by atoms with Gasteiger partial charge in [0.25, 0.3) is 11.8 Å². The normalized spacial score (nSPS) is 19.6. The fraction of sp³-hybridized carbons (Fsp3) is 0.341. The average molecular weight is 756 g/mol. The number of benzene rings is 2. The fourth-order valence-corrected chi connectivity index (χ4v) is 9.60. The van der Waals surface area contributed by atoms with Crippen molar-refractivity contribution in [1.29, 1.82) is 0 Å². The van der Waals surface area contributed by atoms with Crippen LogP contribution in [0.3, 0.4) is 0 Å². The number of nitrogens with one attached hydrogen (secondary N) is 1. The first-order valence-corrected chi connectivity index (χ1v) is 19.8. The molecule has 2 atom stereocenters. The van der Waals surface area contributed by atoms with Crippen molar-refractivity contribution in [2.75, 3.05) is 48.0 Å². The van der Waals surface area contributed by atoms with Gasteiger partial charge in [-0.05, 0) is 117 Å². The van der Waals surface area contributed by atoms with Crippen LogP contribution < -0.4 is 15.1 Å². The minimum Gasteiger partial charge on any atom is -0.381 e. The Bertz CT molecular complexity index is 2340. The summed E-state index contributed by atoms with van der Waals surface area (Å²) in [6, 6.07) is 20.0. The fourth-order valence-electron chi connectivity index (χ4n) is 8.50. The predicted octanol–water partition coefficient (Wildman–Crippen LogP) is 8.33. The standard InChI is InChI=1S/C44H42FN5O4S/c1-25-19-33(41(46-22-25)49-23-44(24-49)14-17-54-18-15-44)39(51)32-21-31(32)28-8-10-29(11-9-28)43(53)50-16-13-30-20-36(42(52)48-37-26(2)5-4-6-34(37)45)55-40(30)38-35(50)12-7-27(3)47-38/h4-12,19-20,22,31-32H,13-18,21,23-24H2,1-3H3,(H,48,52). The molecule has 1 spiro atoms. The van der Waals surface area contributed by atoms with Crippen LogP contribution in [-0.4, -0.2) is 60.4 Å². The van der Waals surface area contributed by atoms with E-state index >= 15 is 0 Å². The second-order valence-corrected chi connectivity index (χ2v) is 16.7. The summed E-state index contributed by atoms with van der Waals surface area (Å²) >= 11 is 1.30. The van der Waals surface area contributed by atoms with E-state index in [1.54, 1.807) is 24.0 Å². The van der Waals surface area contributed by atoms with Crippen LogP contribution in [0.25, 0.3) is 10.6 Å². The first kappa shape index (κ1) is 35.4. The molecule has 2 amide bonds. The highest BCUT2D eigenvalue weighted by Crippen LogP contribution is 2.51. The maximum atomic E-state index is 14.5. The number of halogens is 1. The average Bonchev–Trinajstić information content (AvgIpc) is 3.89. The number of hydrogen-bond acceptors (Lipinski definition) is 8. The maximum Gasteiger partial charge on any atom is 0.265 e. The number of carbonyl (C=O) groups excluding carboxylic acids is 3. The molecule has 2 unspecified atom stereocenters. The summed E-state index contributed by atoms with van der Waals surface area (Å²) < 4.78 is 20.1. The summed E-state index contributed by atoms with van der Waals surface area (Å²) in [4.78, 5) is 56.4. The Morgan fingerprint density at radius 2 is 1.76 bits per heavy atom. The number of hydrogen-bond donors (Lipinski definition) is 1. The molecule has 3 aliphatic heterocycles. The Balaban J connectivity index is 0.906. The number of ether oxygens (including phenoxy) is 1. The molecule has 55 heavy (non-hydrogen) atoms. The van der Waals surface area contributed by atoms with Gasteiger partial charge in [-0.15, -0.1) is 11.3 Å². The van der Waals surface area contributed by atoms with Crippen molar-refractivity contribution in [3.8, 4) is 10.6 Å². The highest BCUT2D eigenvalue weighted by molar-refractivity contribution is 7.17. The van der Waals surface area contributed by atoms with E-state index in [2.05, 4.69) is 10.2 Å². The molecule has 280 valence electrons. The van der Waals surface area contributed by atoms with Crippen LogP contribution in [-0.2, 0) is 11.2 Å². The van der Waals surface area contributed by atoms with Crippen molar-refractivity contribution >= 4 is 46.1 Å². The first-order valence-electron chi connectivity index (χ1n) is 19.0. The Labute approximate surface area is 323 Å². The van der Waals surface area contributed by atoms with Crippen LogP contribution in [0.5, 0.6) is 0 Å². The molecule has 9 nitrogen and oxygen atoms in total. The quantitative estimate of drug-likeness (QED) is 0.167. The summed E-state index contributed by atoms with van der Waals surface area (Å²) in [7, 11) is 0. The molecule has 11 heteroatoms. The molecule has 4 aliphatic rings. The smallest absolute Gasteiger partial charge is 0.265 e. The van der Waals surface area contributed by atoms with Crippen LogP contribution in [0.15, 0.2) is 72.9 Å². The van der Waals surface area contributed by atoms with E-state index in [0.29, 0.717) is 45.9 Å². The van der Waals surface area contributed by atoms with Gasteiger partial charge in [-0.25, -0.2) is 9.37 Å². The zero-order chi connectivity index (χ0) is 38.0. The Morgan fingerprint density at radius 3 is 2.53 bits per heavy atom. The predicted molar refractivity (Wildman–Crippen MR) is 212 cm³/mol. The number of Topliss-reactive ketones (excluding diaryl/α,β-unsaturated/α-hetero) is 1. The van der Waals surface area contributed by atoms with Crippen LogP contribution in [0.2, 0.25) is 0 Å². The highest BCUT2D eigenvalue weighted by Gasteiger charge is 2.48. The van der Waals surface area contributed by atoms with Gasteiger partial charge in [0.05, 0.1) is 26.7 Å². The summed E-state index contributed by atoms with van der Waals surface area (Å²) in [6.07, 6.45) is 5.25. The largest absolute Gasteiger partial charge is 0.381 e. The number of pyridine rings is 2. The molecule has 1 saturated carbocycles. The number of aryl methyl sites for hydroxylation is 3. The van der Waals surface area contributed by atoms with Gasteiger partial charge in [0.15, 0.2) is 5.78 Å². The lowest BCUT2D eigenvalue weighted by Crippen LogP contribution is -2.59. The van der Waals surface area contributed by atoms with Gasteiger partial charge in [-0.3, -0.25) is 19.4 Å². The molecule has 1 N–H and O–H groups in total. The Morgan fingerprint density at radius 1 is 0.982 bits per heavy atom. The first-order chi connectivity index (χ1) is 26.6. The molecule has 6 heterocycles. The number of rotatable bonds is 7. The van der Waals surface area contributed by atoms with E-state index in [1.165, 1.54) is 17.4 Å². The molecule has 0 radical (unpaired) electrons. The monoisotopic (exact) mass is 755 g/mol. The molecule has 5 aromatic rings. The number of para-hydroxylation sites is 1. The second-order valence-electron chi connectivity index (χ2n) is 15.7. The van der Waals surface area contributed by atoms with Gasteiger partial charge in [0.1, 0.15) is 17.3 Å². The van der Waals surface area contributed by atoms with Crippen molar-refractivity contribution in [2.45, 2.75) is 52.4 Å². The summed E-state index contributed by atoms with van der Waals surface area (Å²) in [5, 5.41) is 2.75. The van der Waals surface area contributed by atoms with Crippen LogP contribution >= 0.6 is 11.3 Å². The van der Waals surface area contributed by atoms with E-state index < -0.39 is 5.82 Å². The second kappa shape index (κ2) is 13.8. The van der Waals surface area contributed by atoms with Crippen molar-refractivity contribution in [3.63, 3.8) is 0 Å². The number of fused-ring (bicyclic) bond motifs is 3. The number of nitrogens with zero attached hydrogens (tertiary/aromatic N) is 4. The molecule has 2 aromatic carbocycles. The minimum absolute atomic E-state index is 0.0963. The third-order valence-corrected chi connectivity index (χ3v) is 12.9. The number of aromatic nitrogens is 2. The van der Waals surface area contributed by atoms with E-state index in [4.69, 9.17) is 14.7 Å². The third-order valence-electron chi connectivity index (χ3n) is 11.7. The number of carbonyl (C=O) groups is 3. The van der Waals surface area contributed by atoms with E-state index in [1.807, 2.05) is 68.6 Å². The van der Waals surface area contributed by atoms with Gasteiger partial charge >= 0.3 is 0 Å². The highest BCUT2D eigenvalue weighted by atomic mass is 32.1. The molecular weight excluding hydrogens is 714 g/mol. The Kier molecular flexibility index (Phi) is 8.89.